The molecule has 0 atom stereocenters. The van der Waals surface area contributed by atoms with Crippen LogP contribution in [0.15, 0.2) is 21.9 Å². The monoisotopic (exact) mass is 345 g/mol. The molecule has 1 aromatic rings. The van der Waals surface area contributed by atoms with E-state index < -0.39 is 9.84 Å². The predicted molar refractivity (Wildman–Crippen MR) is 66.7 cm³/mol. The van der Waals surface area contributed by atoms with E-state index in [-0.39, 0.29) is 51.6 Å². The van der Waals surface area contributed by atoms with Gasteiger partial charge in [-0.2, -0.15) is 9.60 Å². The first kappa shape index (κ1) is 20.2. The van der Waals surface area contributed by atoms with Gasteiger partial charge in [0.2, 0.25) is 0 Å². The average molecular weight is 346 g/mol. The molecule has 0 saturated carbocycles. The predicted octanol–water partition coefficient (Wildman–Crippen LogP) is -1.89. The van der Waals surface area contributed by atoms with Crippen molar-refractivity contribution >= 4 is 33.5 Å². The number of alkyl halides is 1. The molecule has 0 spiro atoms. The smallest absolute Gasteiger partial charge is 0.691 e. The van der Waals surface area contributed by atoms with E-state index in [1.165, 1.54) is 12.1 Å². The van der Waals surface area contributed by atoms with Gasteiger partial charge in [-0.25, -0.2) is 8.42 Å². The van der Waals surface area contributed by atoms with Crippen LogP contribution in [0.4, 0.5) is 0 Å². The molecule has 0 saturated heterocycles. The molecule has 0 heterocycles. The van der Waals surface area contributed by atoms with Crippen molar-refractivity contribution in [3.05, 3.63) is 23.3 Å². The fraction of sp³-hybridized carbons (Fsp3) is 0.300. The van der Waals surface area contributed by atoms with E-state index in [0.717, 1.165) is 0 Å². The zero-order chi connectivity index (χ0) is 14.5. The molecule has 20 heavy (non-hydrogen) atoms. The Kier molecular flexibility index (Phi) is 9.33. The van der Waals surface area contributed by atoms with Crippen LogP contribution in [-0.2, 0) is 19.2 Å². The maximum atomic E-state index is 12.0. The Morgan fingerprint density at radius 3 is 2.65 bits per heavy atom. The zero-order valence-electron chi connectivity index (χ0n) is 10.8. The number of rotatable bonds is 6. The first-order valence-electron chi connectivity index (χ1n) is 4.93. The van der Waals surface area contributed by atoms with Crippen LogP contribution in [0.5, 0.6) is 0 Å². The van der Waals surface area contributed by atoms with Crippen molar-refractivity contribution in [2.75, 3.05) is 11.6 Å². The minimum absolute atomic E-state index is 0. The number of sulfone groups is 1. The fourth-order valence-electron chi connectivity index (χ4n) is 1.54. The molecule has 0 aliphatic carbocycles. The SMILES string of the molecule is Cc1cc(SOO[O-])cc(C#N)c1S(=O)(=O)CCCl.[Na+]. The summed E-state index contributed by atoms with van der Waals surface area (Å²) in [4.78, 5) is 0.331. The molecule has 0 N–H and O–H groups in total. The second kappa shape index (κ2) is 9.25. The van der Waals surface area contributed by atoms with Crippen LogP contribution in [0, 0.1) is 18.3 Å². The molecular formula is C10H9ClNNaO5S2. The molecule has 0 amide bonds. The Bertz CT molecular complexity index is 602. The molecule has 0 unspecified atom stereocenters. The minimum atomic E-state index is -3.62. The maximum absolute atomic E-state index is 12.0. The molecule has 0 fully saturated rings. The standard InChI is InChI=1S/C10H10ClNO5S2.Na/c1-7-4-9(18-17-16-13)5-8(6-12)10(7)19(14,15)3-2-11;/h4-5,13H,2-3H2,1H3;/q;+1/p-1. The van der Waals surface area contributed by atoms with Gasteiger partial charge in [0.1, 0.15) is 6.07 Å². The van der Waals surface area contributed by atoms with E-state index in [1.54, 1.807) is 6.92 Å². The van der Waals surface area contributed by atoms with Crippen molar-refractivity contribution in [1.82, 2.24) is 0 Å². The van der Waals surface area contributed by atoms with Crippen molar-refractivity contribution in [3.8, 4) is 6.07 Å². The summed E-state index contributed by atoms with van der Waals surface area (Å²) in [6.45, 7) is 1.55. The molecular weight excluding hydrogens is 337 g/mol. The van der Waals surface area contributed by atoms with Gasteiger partial charge in [0.25, 0.3) is 0 Å². The van der Waals surface area contributed by atoms with Crippen LogP contribution in [0.3, 0.4) is 0 Å². The summed E-state index contributed by atoms with van der Waals surface area (Å²) >= 11 is 6.04. The van der Waals surface area contributed by atoms with E-state index in [9.17, 15) is 13.7 Å². The number of nitrogens with zero attached hydrogens (tertiary/aromatic N) is 1. The molecule has 0 aromatic heterocycles. The summed E-state index contributed by atoms with van der Waals surface area (Å²) < 4.78 is 28.1. The van der Waals surface area contributed by atoms with Gasteiger partial charge >= 0.3 is 29.6 Å². The Balaban J connectivity index is 0.00000361. The van der Waals surface area contributed by atoms with Gasteiger partial charge in [0.15, 0.2) is 9.84 Å². The van der Waals surface area contributed by atoms with Crippen molar-refractivity contribution in [3.63, 3.8) is 0 Å². The van der Waals surface area contributed by atoms with Gasteiger partial charge in [-0.15, -0.1) is 11.6 Å². The molecule has 0 aliphatic heterocycles. The summed E-state index contributed by atoms with van der Waals surface area (Å²) in [5, 5.41) is 22.0. The number of hydrogen-bond donors (Lipinski definition) is 0. The molecule has 1 aromatic carbocycles. The zero-order valence-corrected chi connectivity index (χ0v) is 15.1. The van der Waals surface area contributed by atoms with E-state index in [0.29, 0.717) is 22.5 Å². The van der Waals surface area contributed by atoms with Crippen LogP contribution in [-0.4, -0.2) is 20.1 Å². The summed E-state index contributed by atoms with van der Waals surface area (Å²) in [7, 11) is -3.62. The number of benzene rings is 1. The van der Waals surface area contributed by atoms with Crippen LogP contribution < -0.4 is 34.8 Å². The van der Waals surface area contributed by atoms with Gasteiger partial charge in [0, 0.05) is 10.8 Å². The maximum Gasteiger partial charge on any atom is 1.00 e. The Labute approximate surface area is 148 Å². The number of aryl methyl sites for hydroxylation is 1. The molecule has 6 nitrogen and oxygen atoms in total. The summed E-state index contributed by atoms with van der Waals surface area (Å²) in [5.41, 5.74) is 0.350. The van der Waals surface area contributed by atoms with E-state index in [2.05, 4.69) is 9.37 Å². The molecule has 10 heteroatoms. The second-order valence-electron chi connectivity index (χ2n) is 3.46. The quantitative estimate of drug-likeness (QED) is 0.195. The van der Waals surface area contributed by atoms with Gasteiger partial charge < -0.3 is 5.26 Å². The third-order valence-corrected chi connectivity index (χ3v) is 5.05. The van der Waals surface area contributed by atoms with Crippen LogP contribution in [0.2, 0.25) is 0 Å². The number of hydrogen-bond acceptors (Lipinski definition) is 7. The third kappa shape index (κ3) is 5.18. The molecule has 1 rings (SSSR count). The number of nitriles is 1. The minimum Gasteiger partial charge on any atom is -0.691 e. The molecule has 0 radical (unpaired) electrons. The van der Waals surface area contributed by atoms with E-state index in [1.807, 2.05) is 6.07 Å². The summed E-state index contributed by atoms with van der Waals surface area (Å²) in [6, 6.07) is 4.59. The van der Waals surface area contributed by atoms with Crippen molar-refractivity contribution < 1.29 is 52.6 Å². The van der Waals surface area contributed by atoms with Crippen molar-refractivity contribution in [2.24, 2.45) is 0 Å². The largest absolute Gasteiger partial charge is 1.00 e. The first-order chi connectivity index (χ1) is 8.96. The summed E-state index contributed by atoms with van der Waals surface area (Å²) in [6.07, 6.45) is 0. The first-order valence-corrected chi connectivity index (χ1v) is 7.85. The summed E-state index contributed by atoms with van der Waals surface area (Å²) in [5.74, 6) is -0.312. The molecule has 0 bridgehead atoms. The van der Waals surface area contributed by atoms with E-state index >= 15 is 0 Å². The van der Waals surface area contributed by atoms with Crippen molar-refractivity contribution in [1.29, 1.82) is 5.26 Å². The van der Waals surface area contributed by atoms with E-state index in [4.69, 9.17) is 16.9 Å². The molecule has 0 aliphatic rings. The Hall–Kier alpha value is 0.180. The third-order valence-electron chi connectivity index (χ3n) is 2.18. The molecule has 104 valence electrons. The Morgan fingerprint density at radius 1 is 1.50 bits per heavy atom. The van der Waals surface area contributed by atoms with Crippen LogP contribution in [0.25, 0.3) is 0 Å². The average Bonchev–Trinajstić information content (AvgIpc) is 2.34. The van der Waals surface area contributed by atoms with Gasteiger partial charge in [-0.05, 0) is 24.6 Å². The normalized spacial score (nSPS) is 10.7. The van der Waals surface area contributed by atoms with Crippen LogP contribution in [0.1, 0.15) is 11.1 Å². The Morgan fingerprint density at radius 2 is 2.15 bits per heavy atom. The van der Waals surface area contributed by atoms with Gasteiger partial charge in [0.05, 0.1) is 28.3 Å². The van der Waals surface area contributed by atoms with Crippen LogP contribution >= 0.6 is 23.6 Å². The van der Waals surface area contributed by atoms with Gasteiger partial charge in [-0.3, -0.25) is 5.04 Å². The fourth-order valence-corrected chi connectivity index (χ4v) is 4.04. The number of halogens is 1. The second-order valence-corrected chi connectivity index (χ2v) is 6.65. The topological polar surface area (TPSA) is 99.4 Å². The van der Waals surface area contributed by atoms with Gasteiger partial charge in [-0.1, -0.05) is 0 Å². The van der Waals surface area contributed by atoms with Crippen molar-refractivity contribution in [2.45, 2.75) is 16.7 Å².